The number of halogens is 4. The number of benzene rings is 1. The van der Waals surface area contributed by atoms with Crippen molar-refractivity contribution in [2.75, 3.05) is 33.4 Å². The molecule has 8 heteroatoms. The average molecular weight is 422 g/mol. The number of carbonyl (C=O) groups is 1. The van der Waals surface area contributed by atoms with Crippen LogP contribution in [-0.4, -0.2) is 56.5 Å². The van der Waals surface area contributed by atoms with Crippen molar-refractivity contribution < 1.29 is 27.4 Å². The van der Waals surface area contributed by atoms with Gasteiger partial charge in [-0.15, -0.1) is 0 Å². The summed E-state index contributed by atoms with van der Waals surface area (Å²) in [4.78, 5) is 13.8. The second kappa shape index (κ2) is 11.0. The maximum Gasteiger partial charge on any atom is 0.426 e. The molecule has 1 saturated heterocycles. The van der Waals surface area contributed by atoms with Crippen molar-refractivity contribution >= 4 is 17.6 Å². The maximum absolute atomic E-state index is 13.4. The van der Waals surface area contributed by atoms with Gasteiger partial charge in [-0.25, -0.2) is 0 Å². The number of alkyl halides is 3. The second-order valence-electron chi connectivity index (χ2n) is 7.23. The molecular weight excluding hydrogens is 395 g/mol. The Morgan fingerprint density at radius 1 is 1.32 bits per heavy atom. The molecule has 0 radical (unpaired) electrons. The number of nitrogens with zero attached hydrogens (tertiary/aromatic N) is 1. The Balaban J connectivity index is 1.90. The summed E-state index contributed by atoms with van der Waals surface area (Å²) in [6.07, 6.45) is -3.26. The highest BCUT2D eigenvalue weighted by Gasteiger charge is 2.44. The standard InChI is InChI=1S/C20H27ClF3NO3/c1-27-11-3-5-16-4-2-10-25(13-16)14-18(20(22,23)24)28-19(26)12-15-6-8-17(21)9-7-15/h6-9,16,18H,2-5,10-14H2,1H3. The van der Waals surface area contributed by atoms with Crippen LogP contribution in [0.3, 0.4) is 0 Å². The van der Waals surface area contributed by atoms with Gasteiger partial charge in [0.15, 0.2) is 0 Å². The number of carbonyl (C=O) groups excluding carboxylic acids is 1. The quantitative estimate of drug-likeness (QED) is 0.435. The van der Waals surface area contributed by atoms with E-state index in [-0.39, 0.29) is 13.0 Å². The van der Waals surface area contributed by atoms with Gasteiger partial charge in [0.05, 0.1) is 6.42 Å². The van der Waals surface area contributed by atoms with Crippen molar-refractivity contribution in [1.29, 1.82) is 0 Å². The highest BCUT2D eigenvalue weighted by molar-refractivity contribution is 6.30. The fourth-order valence-electron chi connectivity index (χ4n) is 3.48. The third-order valence-electron chi connectivity index (χ3n) is 4.89. The van der Waals surface area contributed by atoms with Crippen molar-refractivity contribution in [3.8, 4) is 0 Å². The van der Waals surface area contributed by atoms with Crippen molar-refractivity contribution in [2.45, 2.75) is 44.4 Å². The molecule has 0 bridgehead atoms. The van der Waals surface area contributed by atoms with Crippen molar-refractivity contribution in [3.05, 3.63) is 34.9 Å². The van der Waals surface area contributed by atoms with E-state index >= 15 is 0 Å². The molecule has 2 atom stereocenters. The highest BCUT2D eigenvalue weighted by atomic mass is 35.5. The Bertz CT molecular complexity index is 610. The van der Waals surface area contributed by atoms with Crippen LogP contribution in [0.25, 0.3) is 0 Å². The van der Waals surface area contributed by atoms with E-state index in [9.17, 15) is 18.0 Å². The zero-order valence-electron chi connectivity index (χ0n) is 16.0. The lowest BCUT2D eigenvalue weighted by atomic mass is 9.93. The van der Waals surface area contributed by atoms with E-state index in [2.05, 4.69) is 0 Å². The first-order chi connectivity index (χ1) is 13.3. The highest BCUT2D eigenvalue weighted by Crippen LogP contribution is 2.27. The van der Waals surface area contributed by atoms with E-state index in [4.69, 9.17) is 21.1 Å². The lowest BCUT2D eigenvalue weighted by Gasteiger charge is -2.35. The van der Waals surface area contributed by atoms with E-state index in [0.29, 0.717) is 36.2 Å². The summed E-state index contributed by atoms with van der Waals surface area (Å²) in [5.74, 6) is -0.541. The molecule has 2 rings (SSSR count). The molecule has 0 amide bonds. The van der Waals surface area contributed by atoms with E-state index < -0.39 is 18.2 Å². The number of hydrogen-bond donors (Lipinski definition) is 0. The zero-order chi connectivity index (χ0) is 20.6. The van der Waals surface area contributed by atoms with E-state index in [1.807, 2.05) is 0 Å². The van der Waals surface area contributed by atoms with Gasteiger partial charge >= 0.3 is 12.1 Å². The predicted octanol–water partition coefficient (Wildman–Crippen LogP) is 4.50. The van der Waals surface area contributed by atoms with Gasteiger partial charge in [0.25, 0.3) is 0 Å². The number of methoxy groups -OCH3 is 1. The predicted molar refractivity (Wildman–Crippen MR) is 101 cm³/mol. The van der Waals surface area contributed by atoms with Gasteiger partial charge < -0.3 is 9.47 Å². The monoisotopic (exact) mass is 421 g/mol. The summed E-state index contributed by atoms with van der Waals surface area (Å²) in [7, 11) is 1.64. The van der Waals surface area contributed by atoms with Crippen LogP contribution < -0.4 is 0 Å². The molecule has 0 N–H and O–H groups in total. The number of likely N-dealkylation sites (tertiary alicyclic amines) is 1. The molecule has 0 aromatic heterocycles. The maximum atomic E-state index is 13.4. The number of ether oxygens (including phenoxy) is 2. The molecule has 28 heavy (non-hydrogen) atoms. The van der Waals surface area contributed by atoms with Crippen LogP contribution in [0.2, 0.25) is 5.02 Å². The molecule has 2 unspecified atom stereocenters. The minimum Gasteiger partial charge on any atom is -0.451 e. The Labute approximate surface area is 168 Å². The first-order valence-electron chi connectivity index (χ1n) is 9.50. The fourth-order valence-corrected chi connectivity index (χ4v) is 3.61. The van der Waals surface area contributed by atoms with Crippen LogP contribution in [0.5, 0.6) is 0 Å². The fraction of sp³-hybridized carbons (Fsp3) is 0.650. The molecule has 1 aromatic carbocycles. The van der Waals surface area contributed by atoms with Crippen LogP contribution in [-0.2, 0) is 20.7 Å². The van der Waals surface area contributed by atoms with Gasteiger partial charge in [0, 0.05) is 31.8 Å². The van der Waals surface area contributed by atoms with Crippen LogP contribution in [0, 0.1) is 5.92 Å². The largest absolute Gasteiger partial charge is 0.451 e. The number of esters is 1. The number of piperidine rings is 1. The summed E-state index contributed by atoms with van der Waals surface area (Å²) in [5, 5.41) is 0.496. The first-order valence-corrected chi connectivity index (χ1v) is 9.87. The van der Waals surface area contributed by atoms with Gasteiger partial charge in [0.1, 0.15) is 0 Å². The van der Waals surface area contributed by atoms with Gasteiger partial charge in [-0.3, -0.25) is 9.69 Å². The molecule has 1 aliphatic rings. The van der Waals surface area contributed by atoms with Crippen molar-refractivity contribution in [1.82, 2.24) is 4.90 Å². The summed E-state index contributed by atoms with van der Waals surface area (Å²) >= 11 is 5.78. The third-order valence-corrected chi connectivity index (χ3v) is 5.14. The van der Waals surface area contributed by atoms with Crippen LogP contribution in [0.4, 0.5) is 13.2 Å². The van der Waals surface area contributed by atoms with Gasteiger partial charge in [0.2, 0.25) is 6.10 Å². The molecule has 158 valence electrons. The molecule has 1 aromatic rings. The van der Waals surface area contributed by atoms with E-state index in [1.54, 1.807) is 36.3 Å². The normalized spacial score (nSPS) is 19.4. The van der Waals surface area contributed by atoms with E-state index in [1.165, 1.54) is 0 Å². The minimum absolute atomic E-state index is 0.219. The molecule has 0 aliphatic carbocycles. The Morgan fingerprint density at radius 3 is 2.68 bits per heavy atom. The second-order valence-corrected chi connectivity index (χ2v) is 7.66. The summed E-state index contributed by atoms with van der Waals surface area (Å²) < 4.78 is 50.2. The van der Waals surface area contributed by atoms with Crippen molar-refractivity contribution in [2.24, 2.45) is 5.92 Å². The van der Waals surface area contributed by atoms with E-state index in [0.717, 1.165) is 25.7 Å². The van der Waals surface area contributed by atoms with Crippen LogP contribution in [0.1, 0.15) is 31.2 Å². The molecule has 1 fully saturated rings. The van der Waals surface area contributed by atoms with Gasteiger partial charge in [-0.2, -0.15) is 13.2 Å². The molecule has 0 spiro atoms. The van der Waals surface area contributed by atoms with Crippen LogP contribution >= 0.6 is 11.6 Å². The van der Waals surface area contributed by atoms with Crippen LogP contribution in [0.15, 0.2) is 24.3 Å². The SMILES string of the molecule is COCCCC1CCCN(CC(OC(=O)Cc2ccc(Cl)cc2)C(F)(F)F)C1. The zero-order valence-corrected chi connectivity index (χ0v) is 16.8. The third kappa shape index (κ3) is 7.97. The number of hydrogen-bond acceptors (Lipinski definition) is 4. The Hall–Kier alpha value is -1.31. The number of rotatable bonds is 9. The average Bonchev–Trinajstić information content (AvgIpc) is 2.63. The summed E-state index contributed by atoms with van der Waals surface area (Å²) in [5.41, 5.74) is 0.562. The van der Waals surface area contributed by atoms with Gasteiger partial charge in [-0.05, 0) is 55.8 Å². The Morgan fingerprint density at radius 2 is 2.04 bits per heavy atom. The van der Waals surface area contributed by atoms with Gasteiger partial charge in [-0.1, -0.05) is 23.7 Å². The lowest BCUT2D eigenvalue weighted by Crippen LogP contribution is -2.47. The Kier molecular flexibility index (Phi) is 9.05. The lowest BCUT2D eigenvalue weighted by molar-refractivity contribution is -0.225. The summed E-state index contributed by atoms with van der Waals surface area (Å²) in [6.45, 7) is 1.51. The molecular formula is C20H27ClF3NO3. The smallest absolute Gasteiger partial charge is 0.426 e. The molecule has 0 saturated carbocycles. The topological polar surface area (TPSA) is 38.8 Å². The molecule has 4 nitrogen and oxygen atoms in total. The molecule has 1 aliphatic heterocycles. The summed E-state index contributed by atoms with van der Waals surface area (Å²) in [6, 6.07) is 6.37. The first kappa shape index (κ1) is 23.0. The minimum atomic E-state index is -4.60. The molecule has 1 heterocycles. The van der Waals surface area contributed by atoms with Crippen molar-refractivity contribution in [3.63, 3.8) is 0 Å².